The molecule has 0 saturated carbocycles. The SMILES string of the molecule is C/C(=N\NC(=O)CC(=O)N/N=C(\C)c1ccccc1O)c1ccccc1O. The number of rotatable bonds is 6. The predicted molar refractivity (Wildman–Crippen MR) is 102 cm³/mol. The second-order valence-corrected chi connectivity index (χ2v) is 5.68. The minimum atomic E-state index is -0.627. The number of carbonyl (C=O) groups excluding carboxylic acids is 2. The number of phenols is 2. The molecule has 0 heterocycles. The van der Waals surface area contributed by atoms with E-state index in [0.717, 1.165) is 0 Å². The Morgan fingerprint density at radius 3 is 1.52 bits per heavy atom. The van der Waals surface area contributed by atoms with Gasteiger partial charge in [-0.05, 0) is 38.1 Å². The number of benzene rings is 2. The molecule has 0 aliphatic carbocycles. The van der Waals surface area contributed by atoms with Gasteiger partial charge in [0, 0.05) is 11.1 Å². The fourth-order valence-corrected chi connectivity index (χ4v) is 2.20. The van der Waals surface area contributed by atoms with E-state index in [4.69, 9.17) is 0 Å². The van der Waals surface area contributed by atoms with Crippen LogP contribution in [0.3, 0.4) is 0 Å². The minimum absolute atomic E-state index is 0.0414. The lowest BCUT2D eigenvalue weighted by atomic mass is 10.1. The van der Waals surface area contributed by atoms with Gasteiger partial charge in [-0.15, -0.1) is 0 Å². The Morgan fingerprint density at radius 2 is 1.15 bits per heavy atom. The van der Waals surface area contributed by atoms with Gasteiger partial charge >= 0.3 is 0 Å². The third-order valence-corrected chi connectivity index (χ3v) is 3.61. The van der Waals surface area contributed by atoms with Crippen LogP contribution < -0.4 is 10.9 Å². The normalized spacial score (nSPS) is 11.8. The van der Waals surface area contributed by atoms with Crippen molar-refractivity contribution in [2.75, 3.05) is 0 Å². The molecule has 2 amide bonds. The third kappa shape index (κ3) is 5.67. The highest BCUT2D eigenvalue weighted by Crippen LogP contribution is 2.16. The predicted octanol–water partition coefficient (Wildman–Crippen LogP) is 1.87. The summed E-state index contributed by atoms with van der Waals surface area (Å²) in [5, 5.41) is 27.2. The van der Waals surface area contributed by atoms with E-state index in [1.54, 1.807) is 50.2 Å². The van der Waals surface area contributed by atoms with Crippen molar-refractivity contribution in [3.63, 3.8) is 0 Å². The number of hydrogen-bond acceptors (Lipinski definition) is 6. The van der Waals surface area contributed by atoms with E-state index >= 15 is 0 Å². The second kappa shape index (κ2) is 9.14. The van der Waals surface area contributed by atoms with Crippen molar-refractivity contribution in [3.8, 4) is 11.5 Å². The van der Waals surface area contributed by atoms with E-state index in [0.29, 0.717) is 22.6 Å². The van der Waals surface area contributed by atoms with Gasteiger partial charge in [-0.3, -0.25) is 9.59 Å². The van der Waals surface area contributed by atoms with Gasteiger partial charge in [0.05, 0.1) is 11.4 Å². The minimum Gasteiger partial charge on any atom is -0.507 e. The first-order chi connectivity index (χ1) is 12.9. The van der Waals surface area contributed by atoms with Gasteiger partial charge in [0.2, 0.25) is 11.8 Å². The maximum Gasteiger partial charge on any atom is 0.249 e. The molecule has 27 heavy (non-hydrogen) atoms. The molecular weight excluding hydrogens is 348 g/mol. The monoisotopic (exact) mass is 368 g/mol. The summed E-state index contributed by atoms with van der Waals surface area (Å²) in [6.07, 6.45) is -0.477. The van der Waals surface area contributed by atoms with Gasteiger partial charge in [0.25, 0.3) is 0 Å². The smallest absolute Gasteiger partial charge is 0.249 e. The summed E-state index contributed by atoms with van der Waals surface area (Å²) in [7, 11) is 0. The number of para-hydroxylation sites is 2. The molecule has 2 rings (SSSR count). The molecule has 140 valence electrons. The fraction of sp³-hybridized carbons (Fsp3) is 0.158. The van der Waals surface area contributed by atoms with Crippen LogP contribution in [-0.2, 0) is 9.59 Å². The number of nitrogens with one attached hydrogen (secondary N) is 2. The zero-order valence-electron chi connectivity index (χ0n) is 14.9. The maximum atomic E-state index is 11.8. The summed E-state index contributed by atoms with van der Waals surface area (Å²) in [5.41, 5.74) is 6.26. The van der Waals surface area contributed by atoms with E-state index < -0.39 is 18.2 Å². The summed E-state index contributed by atoms with van der Waals surface area (Å²) in [4.78, 5) is 23.6. The first kappa shape index (κ1) is 19.6. The first-order valence-electron chi connectivity index (χ1n) is 8.11. The van der Waals surface area contributed by atoms with Crippen molar-refractivity contribution >= 4 is 23.2 Å². The van der Waals surface area contributed by atoms with Gasteiger partial charge in [-0.2, -0.15) is 10.2 Å². The molecule has 8 heteroatoms. The van der Waals surface area contributed by atoms with Crippen LogP contribution in [0.4, 0.5) is 0 Å². The molecule has 8 nitrogen and oxygen atoms in total. The Morgan fingerprint density at radius 1 is 0.778 bits per heavy atom. The van der Waals surface area contributed by atoms with Crippen LogP contribution in [0.1, 0.15) is 31.4 Å². The molecule has 2 aromatic rings. The second-order valence-electron chi connectivity index (χ2n) is 5.68. The number of amides is 2. The highest BCUT2D eigenvalue weighted by Gasteiger charge is 2.10. The Hall–Kier alpha value is -3.68. The molecule has 2 aromatic carbocycles. The third-order valence-electron chi connectivity index (χ3n) is 3.61. The van der Waals surface area contributed by atoms with Crippen LogP contribution in [-0.4, -0.2) is 33.5 Å². The van der Waals surface area contributed by atoms with Gasteiger partial charge in [-0.25, -0.2) is 10.9 Å². The molecule has 0 bridgehead atoms. The van der Waals surface area contributed by atoms with Crippen molar-refractivity contribution in [3.05, 3.63) is 59.7 Å². The van der Waals surface area contributed by atoms with Crippen LogP contribution in [0, 0.1) is 0 Å². The molecule has 0 aliphatic rings. The fourth-order valence-electron chi connectivity index (χ4n) is 2.20. The average Bonchev–Trinajstić information content (AvgIpc) is 2.65. The van der Waals surface area contributed by atoms with E-state index in [1.165, 1.54) is 12.1 Å². The summed E-state index contributed by atoms with van der Waals surface area (Å²) in [6, 6.07) is 13.1. The molecule has 4 N–H and O–H groups in total. The molecule has 0 atom stereocenters. The zero-order chi connectivity index (χ0) is 19.8. The highest BCUT2D eigenvalue weighted by molar-refractivity contribution is 6.03. The number of phenolic OH excluding ortho intramolecular Hbond substituents is 2. The van der Waals surface area contributed by atoms with E-state index in [-0.39, 0.29) is 11.5 Å². The molecule has 0 fully saturated rings. The highest BCUT2D eigenvalue weighted by atomic mass is 16.3. The summed E-state index contributed by atoms with van der Waals surface area (Å²) < 4.78 is 0. The van der Waals surface area contributed by atoms with E-state index in [9.17, 15) is 19.8 Å². The molecule has 0 aromatic heterocycles. The quantitative estimate of drug-likeness (QED) is 0.353. The lowest BCUT2D eigenvalue weighted by molar-refractivity contribution is -0.129. The molecule has 0 unspecified atom stereocenters. The molecule has 0 radical (unpaired) electrons. The average molecular weight is 368 g/mol. The lowest BCUT2D eigenvalue weighted by Gasteiger charge is -2.05. The van der Waals surface area contributed by atoms with Crippen LogP contribution in [0.5, 0.6) is 11.5 Å². The van der Waals surface area contributed by atoms with Gasteiger partial charge in [0.1, 0.15) is 17.9 Å². The summed E-state index contributed by atoms with van der Waals surface area (Å²) in [5.74, 6) is -1.17. The van der Waals surface area contributed by atoms with Gasteiger partial charge in [-0.1, -0.05) is 24.3 Å². The topological polar surface area (TPSA) is 123 Å². The van der Waals surface area contributed by atoms with Gasteiger partial charge < -0.3 is 10.2 Å². The first-order valence-corrected chi connectivity index (χ1v) is 8.11. The van der Waals surface area contributed by atoms with E-state index in [1.807, 2.05) is 0 Å². The van der Waals surface area contributed by atoms with Crippen LogP contribution in [0.15, 0.2) is 58.7 Å². The molecule has 0 spiro atoms. The van der Waals surface area contributed by atoms with Crippen LogP contribution in [0.25, 0.3) is 0 Å². The van der Waals surface area contributed by atoms with Crippen molar-refractivity contribution in [1.82, 2.24) is 10.9 Å². The largest absolute Gasteiger partial charge is 0.507 e. The Labute approximate surface area is 156 Å². The Kier molecular flexibility index (Phi) is 6.65. The zero-order valence-corrected chi connectivity index (χ0v) is 14.9. The summed E-state index contributed by atoms with van der Waals surface area (Å²) in [6.45, 7) is 3.24. The van der Waals surface area contributed by atoms with E-state index in [2.05, 4.69) is 21.1 Å². The molecule has 0 aliphatic heterocycles. The Balaban J connectivity index is 1.89. The molecule has 0 saturated heterocycles. The molecular formula is C19H20N4O4. The van der Waals surface area contributed by atoms with Crippen LogP contribution in [0.2, 0.25) is 0 Å². The summed E-state index contributed by atoms with van der Waals surface area (Å²) >= 11 is 0. The number of carbonyl (C=O) groups is 2. The van der Waals surface area contributed by atoms with Crippen molar-refractivity contribution in [2.45, 2.75) is 20.3 Å². The van der Waals surface area contributed by atoms with Crippen molar-refractivity contribution in [1.29, 1.82) is 0 Å². The number of hydrazone groups is 2. The van der Waals surface area contributed by atoms with Crippen LogP contribution >= 0.6 is 0 Å². The standard InChI is InChI=1S/C19H20N4O4/c1-12(14-7-3-5-9-16(14)24)20-22-18(26)11-19(27)23-21-13(2)15-8-4-6-10-17(15)25/h3-10,24-25H,11H2,1-2H3,(H,22,26)(H,23,27)/b20-12+,21-13+. The number of aromatic hydroxyl groups is 2. The number of nitrogens with zero attached hydrogens (tertiary/aromatic N) is 2. The lowest BCUT2D eigenvalue weighted by Crippen LogP contribution is -2.28. The van der Waals surface area contributed by atoms with Crippen molar-refractivity contribution in [2.24, 2.45) is 10.2 Å². The van der Waals surface area contributed by atoms with Gasteiger partial charge in [0.15, 0.2) is 0 Å². The Bertz CT molecular complexity index is 833. The number of hydrogen-bond donors (Lipinski definition) is 4. The maximum absolute atomic E-state index is 11.8. The van der Waals surface area contributed by atoms with Crippen molar-refractivity contribution < 1.29 is 19.8 Å².